The molecule has 1 aromatic carbocycles. The van der Waals surface area contributed by atoms with Crippen molar-refractivity contribution >= 4 is 33.2 Å². The minimum Gasteiger partial charge on any atom is -0.399 e. The second-order valence-electron chi connectivity index (χ2n) is 4.48. The predicted molar refractivity (Wildman–Crippen MR) is 75.4 cm³/mol. The zero-order valence-corrected chi connectivity index (χ0v) is 11.7. The van der Waals surface area contributed by atoms with Gasteiger partial charge in [0.25, 0.3) is 0 Å². The van der Waals surface area contributed by atoms with Crippen LogP contribution < -0.4 is 11.1 Å². The van der Waals surface area contributed by atoms with Gasteiger partial charge in [-0.15, -0.1) is 0 Å². The van der Waals surface area contributed by atoms with Crippen LogP contribution in [0.2, 0.25) is 0 Å². The number of hydrogen-bond donors (Lipinski definition) is 2. The summed E-state index contributed by atoms with van der Waals surface area (Å²) in [5, 5.41) is 2.85. The molecule has 0 radical (unpaired) electrons. The van der Waals surface area contributed by atoms with Crippen molar-refractivity contribution in [1.29, 1.82) is 0 Å². The van der Waals surface area contributed by atoms with Crippen LogP contribution in [-0.2, 0) is 9.53 Å². The molecule has 0 aromatic heterocycles. The molecule has 1 atom stereocenters. The lowest BCUT2D eigenvalue weighted by Crippen LogP contribution is -2.25. The van der Waals surface area contributed by atoms with Gasteiger partial charge in [-0.05, 0) is 53.4 Å². The van der Waals surface area contributed by atoms with Crippen LogP contribution in [0, 0.1) is 0 Å². The molecule has 5 heteroatoms. The lowest BCUT2D eigenvalue weighted by atomic mass is 10.1. The Bertz CT molecular complexity index is 431. The summed E-state index contributed by atoms with van der Waals surface area (Å²) in [6.45, 7) is 0.764. The molecular weight excluding hydrogens is 296 g/mol. The number of halogens is 1. The van der Waals surface area contributed by atoms with Crippen LogP contribution in [0.15, 0.2) is 22.7 Å². The zero-order chi connectivity index (χ0) is 13.0. The lowest BCUT2D eigenvalue weighted by Gasteiger charge is -2.22. The maximum absolute atomic E-state index is 11.9. The maximum atomic E-state index is 11.9. The molecule has 1 amide bonds. The van der Waals surface area contributed by atoms with Crippen molar-refractivity contribution in [2.75, 3.05) is 17.7 Å². The summed E-state index contributed by atoms with van der Waals surface area (Å²) < 4.78 is 6.37. The Balaban J connectivity index is 1.92. The van der Waals surface area contributed by atoms with Gasteiger partial charge in [0.05, 0.1) is 18.2 Å². The fourth-order valence-corrected chi connectivity index (χ4v) is 2.36. The van der Waals surface area contributed by atoms with Crippen LogP contribution in [-0.4, -0.2) is 18.6 Å². The number of carbonyl (C=O) groups is 1. The number of nitrogen functional groups attached to an aromatic ring is 1. The normalized spacial score (nSPS) is 19.5. The molecule has 1 aromatic rings. The van der Waals surface area contributed by atoms with E-state index in [1.165, 1.54) is 0 Å². The second kappa shape index (κ2) is 6.20. The van der Waals surface area contributed by atoms with E-state index in [2.05, 4.69) is 21.2 Å². The molecular formula is C13H17BrN2O2. The average molecular weight is 313 g/mol. The Kier molecular flexibility index (Phi) is 4.60. The monoisotopic (exact) mass is 312 g/mol. The molecule has 98 valence electrons. The number of hydrogen-bond acceptors (Lipinski definition) is 3. The topological polar surface area (TPSA) is 64.3 Å². The van der Waals surface area contributed by atoms with Crippen LogP contribution in [0.4, 0.5) is 11.4 Å². The van der Waals surface area contributed by atoms with E-state index in [-0.39, 0.29) is 12.0 Å². The standard InChI is InChI=1S/C13H17BrN2O2/c14-11-5-4-9(15)7-12(11)16-13(17)8-10-3-1-2-6-18-10/h4-5,7,10H,1-3,6,8,15H2,(H,16,17). The SMILES string of the molecule is Nc1ccc(Br)c(NC(=O)CC2CCCCO2)c1. The quantitative estimate of drug-likeness (QED) is 0.843. The third kappa shape index (κ3) is 3.71. The Morgan fingerprint density at radius 2 is 2.33 bits per heavy atom. The van der Waals surface area contributed by atoms with Crippen molar-refractivity contribution in [3.63, 3.8) is 0 Å². The van der Waals surface area contributed by atoms with Crippen LogP contribution in [0.1, 0.15) is 25.7 Å². The molecule has 1 heterocycles. The van der Waals surface area contributed by atoms with Crippen LogP contribution >= 0.6 is 15.9 Å². The van der Waals surface area contributed by atoms with Gasteiger partial charge in [0.1, 0.15) is 0 Å². The van der Waals surface area contributed by atoms with E-state index in [9.17, 15) is 4.79 Å². The molecule has 0 saturated carbocycles. The Morgan fingerprint density at radius 3 is 3.06 bits per heavy atom. The van der Waals surface area contributed by atoms with Crippen molar-refractivity contribution in [2.45, 2.75) is 31.8 Å². The highest BCUT2D eigenvalue weighted by Crippen LogP contribution is 2.25. The fourth-order valence-electron chi connectivity index (χ4n) is 2.02. The van der Waals surface area contributed by atoms with Gasteiger partial charge in [0.2, 0.25) is 5.91 Å². The second-order valence-corrected chi connectivity index (χ2v) is 5.33. The van der Waals surface area contributed by atoms with Gasteiger partial charge in [-0.25, -0.2) is 0 Å². The Hall–Kier alpha value is -1.07. The molecule has 3 N–H and O–H groups in total. The molecule has 0 spiro atoms. The van der Waals surface area contributed by atoms with Gasteiger partial charge < -0.3 is 15.8 Å². The first-order valence-corrected chi connectivity index (χ1v) is 6.91. The number of anilines is 2. The number of nitrogens with one attached hydrogen (secondary N) is 1. The van der Waals surface area contributed by atoms with Crippen molar-refractivity contribution in [3.05, 3.63) is 22.7 Å². The average Bonchev–Trinajstić information content (AvgIpc) is 2.35. The van der Waals surface area contributed by atoms with E-state index in [0.717, 1.165) is 30.3 Å². The van der Waals surface area contributed by atoms with Gasteiger partial charge >= 0.3 is 0 Å². The summed E-state index contributed by atoms with van der Waals surface area (Å²) in [4.78, 5) is 11.9. The summed E-state index contributed by atoms with van der Waals surface area (Å²) in [7, 11) is 0. The van der Waals surface area contributed by atoms with Crippen molar-refractivity contribution in [2.24, 2.45) is 0 Å². The van der Waals surface area contributed by atoms with Crippen molar-refractivity contribution in [1.82, 2.24) is 0 Å². The largest absolute Gasteiger partial charge is 0.399 e. The Morgan fingerprint density at radius 1 is 1.50 bits per heavy atom. The highest BCUT2D eigenvalue weighted by atomic mass is 79.9. The molecule has 2 rings (SSSR count). The lowest BCUT2D eigenvalue weighted by molar-refractivity contribution is -0.119. The molecule has 4 nitrogen and oxygen atoms in total. The van der Waals surface area contributed by atoms with E-state index in [1.54, 1.807) is 12.1 Å². The third-order valence-electron chi connectivity index (χ3n) is 2.95. The predicted octanol–water partition coefficient (Wildman–Crippen LogP) is 2.93. The van der Waals surface area contributed by atoms with Crippen LogP contribution in [0.3, 0.4) is 0 Å². The first-order chi connectivity index (χ1) is 8.65. The summed E-state index contributed by atoms with van der Waals surface area (Å²) in [5.41, 5.74) is 7.02. The minimum absolute atomic E-state index is 0.0341. The fraction of sp³-hybridized carbons (Fsp3) is 0.462. The smallest absolute Gasteiger partial charge is 0.227 e. The molecule has 0 bridgehead atoms. The van der Waals surface area contributed by atoms with E-state index < -0.39 is 0 Å². The molecule has 0 aliphatic carbocycles. The van der Waals surface area contributed by atoms with E-state index in [4.69, 9.17) is 10.5 Å². The van der Waals surface area contributed by atoms with E-state index in [1.807, 2.05) is 6.07 Å². The number of ether oxygens (including phenoxy) is 1. The zero-order valence-electron chi connectivity index (χ0n) is 10.1. The highest BCUT2D eigenvalue weighted by Gasteiger charge is 2.18. The molecule has 1 saturated heterocycles. The van der Waals surface area contributed by atoms with E-state index >= 15 is 0 Å². The number of amides is 1. The minimum atomic E-state index is -0.0341. The number of benzene rings is 1. The van der Waals surface area contributed by atoms with Gasteiger partial charge in [0.15, 0.2) is 0 Å². The van der Waals surface area contributed by atoms with Gasteiger partial charge in [-0.1, -0.05) is 0 Å². The third-order valence-corrected chi connectivity index (χ3v) is 3.64. The molecule has 1 aliphatic heterocycles. The number of nitrogens with two attached hydrogens (primary N) is 1. The van der Waals surface area contributed by atoms with Gasteiger partial charge in [-0.2, -0.15) is 0 Å². The van der Waals surface area contributed by atoms with Gasteiger partial charge in [-0.3, -0.25) is 4.79 Å². The van der Waals surface area contributed by atoms with Gasteiger partial charge in [0, 0.05) is 16.8 Å². The molecule has 1 fully saturated rings. The number of rotatable bonds is 3. The molecule has 1 aliphatic rings. The first kappa shape index (κ1) is 13.4. The number of carbonyl (C=O) groups excluding carboxylic acids is 1. The summed E-state index contributed by atoms with van der Waals surface area (Å²) in [6, 6.07) is 5.34. The van der Waals surface area contributed by atoms with E-state index in [0.29, 0.717) is 17.8 Å². The van der Waals surface area contributed by atoms with Crippen LogP contribution in [0.25, 0.3) is 0 Å². The summed E-state index contributed by atoms with van der Waals surface area (Å²) in [5.74, 6) is -0.0341. The first-order valence-electron chi connectivity index (χ1n) is 6.11. The summed E-state index contributed by atoms with van der Waals surface area (Å²) in [6.07, 6.45) is 3.66. The highest BCUT2D eigenvalue weighted by molar-refractivity contribution is 9.10. The summed E-state index contributed by atoms with van der Waals surface area (Å²) >= 11 is 3.38. The Labute approximate surface area is 115 Å². The van der Waals surface area contributed by atoms with Crippen LogP contribution in [0.5, 0.6) is 0 Å². The van der Waals surface area contributed by atoms with Crippen molar-refractivity contribution in [3.8, 4) is 0 Å². The maximum Gasteiger partial charge on any atom is 0.227 e. The molecule has 18 heavy (non-hydrogen) atoms. The van der Waals surface area contributed by atoms with Crippen molar-refractivity contribution < 1.29 is 9.53 Å². The molecule has 1 unspecified atom stereocenters.